The summed E-state index contributed by atoms with van der Waals surface area (Å²) < 4.78 is 22.4. The summed E-state index contributed by atoms with van der Waals surface area (Å²) in [6.45, 7) is 3.28. The maximum atomic E-state index is 12.2. The molecule has 0 spiro atoms. The Balaban J connectivity index is 1.59. The van der Waals surface area contributed by atoms with Crippen LogP contribution in [0.2, 0.25) is 0 Å². The molecule has 0 amide bonds. The minimum absolute atomic E-state index is 0.150. The molecule has 2 aliphatic rings. The van der Waals surface area contributed by atoms with Crippen LogP contribution in [0.1, 0.15) is 24.2 Å². The Labute approximate surface area is 141 Å². The Morgan fingerprint density at radius 3 is 2.73 bits per heavy atom. The van der Waals surface area contributed by atoms with Crippen LogP contribution in [-0.4, -0.2) is 42.6 Å². The van der Waals surface area contributed by atoms with E-state index in [-0.39, 0.29) is 12.4 Å². The van der Waals surface area contributed by atoms with Gasteiger partial charge in [0.05, 0.1) is 5.56 Å². The van der Waals surface area contributed by atoms with Crippen molar-refractivity contribution in [3.05, 3.63) is 33.4 Å². The van der Waals surface area contributed by atoms with Crippen molar-refractivity contribution in [3.8, 4) is 0 Å². The van der Waals surface area contributed by atoms with E-state index in [1.165, 1.54) is 0 Å². The smallest absolute Gasteiger partial charge is 0.339 e. The van der Waals surface area contributed by atoms with Crippen molar-refractivity contribution >= 4 is 34.3 Å². The number of esters is 1. The van der Waals surface area contributed by atoms with E-state index in [9.17, 15) is 9.59 Å². The SMILES string of the molecule is CC1(C)O[C@@H]2O[C@@H](COC(=O)c3ccccc3I)C(=O)[C@H]2O1. The van der Waals surface area contributed by atoms with E-state index >= 15 is 0 Å². The number of ether oxygens (including phenoxy) is 4. The van der Waals surface area contributed by atoms with Crippen LogP contribution >= 0.6 is 22.6 Å². The average Bonchev–Trinajstić information content (AvgIpc) is 2.90. The lowest BCUT2D eigenvalue weighted by atomic mass is 10.2. The average molecular weight is 418 g/mol. The molecule has 6 nitrogen and oxygen atoms in total. The zero-order valence-corrected chi connectivity index (χ0v) is 14.2. The van der Waals surface area contributed by atoms with Gasteiger partial charge in [0.2, 0.25) is 0 Å². The molecule has 0 N–H and O–H groups in total. The minimum Gasteiger partial charge on any atom is -0.459 e. The monoisotopic (exact) mass is 418 g/mol. The van der Waals surface area contributed by atoms with Crippen molar-refractivity contribution in [2.45, 2.75) is 38.1 Å². The van der Waals surface area contributed by atoms with Gasteiger partial charge in [-0.25, -0.2) is 4.79 Å². The molecule has 118 valence electrons. The first kappa shape index (κ1) is 15.9. The summed E-state index contributed by atoms with van der Waals surface area (Å²) in [5.74, 6) is -1.58. The molecule has 2 fully saturated rings. The molecule has 2 saturated heterocycles. The van der Waals surface area contributed by atoms with Gasteiger partial charge < -0.3 is 18.9 Å². The highest BCUT2D eigenvalue weighted by Gasteiger charge is 2.54. The Kier molecular flexibility index (Phi) is 4.23. The Morgan fingerprint density at radius 2 is 2.05 bits per heavy atom. The number of Topliss-reactive ketones (excluding diaryl/α,β-unsaturated/α-hetero) is 1. The fourth-order valence-corrected chi connectivity index (χ4v) is 3.02. The van der Waals surface area contributed by atoms with Crippen LogP contribution in [0, 0.1) is 3.57 Å². The zero-order valence-electron chi connectivity index (χ0n) is 12.1. The van der Waals surface area contributed by atoms with Gasteiger partial charge in [-0.05, 0) is 48.6 Å². The number of benzene rings is 1. The molecule has 0 aromatic heterocycles. The number of rotatable bonds is 3. The molecule has 3 rings (SSSR count). The lowest BCUT2D eigenvalue weighted by Gasteiger charge is -2.19. The van der Waals surface area contributed by atoms with Crippen LogP contribution in [0.4, 0.5) is 0 Å². The summed E-state index contributed by atoms with van der Waals surface area (Å²) in [4.78, 5) is 24.2. The van der Waals surface area contributed by atoms with Crippen molar-refractivity contribution < 1.29 is 28.5 Å². The summed E-state index contributed by atoms with van der Waals surface area (Å²) in [6.07, 6.45) is -2.34. The van der Waals surface area contributed by atoms with Gasteiger partial charge in [0.1, 0.15) is 6.61 Å². The second-order valence-corrected chi connectivity index (χ2v) is 6.69. The van der Waals surface area contributed by atoms with Crippen molar-refractivity contribution in [1.82, 2.24) is 0 Å². The van der Waals surface area contributed by atoms with E-state index in [1.807, 2.05) is 12.1 Å². The predicted molar refractivity (Wildman–Crippen MR) is 83.1 cm³/mol. The molecule has 1 aromatic carbocycles. The van der Waals surface area contributed by atoms with E-state index in [0.717, 1.165) is 3.57 Å². The van der Waals surface area contributed by atoms with Crippen molar-refractivity contribution in [2.24, 2.45) is 0 Å². The third-order valence-corrected chi connectivity index (χ3v) is 4.35. The van der Waals surface area contributed by atoms with Gasteiger partial charge in [0.25, 0.3) is 0 Å². The molecule has 0 radical (unpaired) electrons. The van der Waals surface area contributed by atoms with E-state index in [0.29, 0.717) is 5.56 Å². The van der Waals surface area contributed by atoms with Gasteiger partial charge in [-0.3, -0.25) is 4.79 Å². The standard InChI is InChI=1S/C15H15IO6/c1-15(2)21-12-11(17)10(20-14(12)22-15)7-19-13(18)8-5-3-4-6-9(8)16/h3-6,10,12,14H,7H2,1-2H3/t10-,12+,14-/m0/s1. The Morgan fingerprint density at radius 1 is 1.32 bits per heavy atom. The summed E-state index contributed by atoms with van der Waals surface area (Å²) in [7, 11) is 0. The molecule has 2 heterocycles. The number of carbonyl (C=O) groups excluding carboxylic acids is 2. The van der Waals surface area contributed by atoms with E-state index in [4.69, 9.17) is 18.9 Å². The van der Waals surface area contributed by atoms with E-state index in [2.05, 4.69) is 22.6 Å². The first-order chi connectivity index (χ1) is 10.4. The number of halogens is 1. The van der Waals surface area contributed by atoms with E-state index in [1.54, 1.807) is 26.0 Å². The number of carbonyl (C=O) groups is 2. The molecule has 0 bridgehead atoms. The highest BCUT2D eigenvalue weighted by molar-refractivity contribution is 14.1. The number of hydrogen-bond donors (Lipinski definition) is 0. The second kappa shape index (κ2) is 5.88. The molecule has 1 aromatic rings. The predicted octanol–water partition coefficient (Wildman–Crippen LogP) is 1.89. The lowest BCUT2D eigenvalue weighted by Crippen LogP contribution is -2.33. The van der Waals surface area contributed by atoms with Crippen molar-refractivity contribution in [1.29, 1.82) is 0 Å². The third kappa shape index (κ3) is 3.03. The molecular weight excluding hydrogens is 403 g/mol. The first-order valence-corrected chi connectivity index (χ1v) is 7.92. The zero-order chi connectivity index (χ0) is 15.9. The molecule has 0 unspecified atom stereocenters. The fourth-order valence-electron chi connectivity index (χ4n) is 2.41. The van der Waals surface area contributed by atoms with Crippen LogP contribution in [0.15, 0.2) is 24.3 Å². The maximum absolute atomic E-state index is 12.2. The Bertz CT molecular complexity index is 614. The molecule has 2 aliphatic heterocycles. The number of ketones is 1. The normalized spacial score (nSPS) is 29.4. The summed E-state index contributed by atoms with van der Waals surface area (Å²) in [5, 5.41) is 0. The van der Waals surface area contributed by atoms with Crippen LogP contribution < -0.4 is 0 Å². The van der Waals surface area contributed by atoms with Gasteiger partial charge in [-0.1, -0.05) is 12.1 Å². The fraction of sp³-hybridized carbons (Fsp3) is 0.467. The number of fused-ring (bicyclic) bond motifs is 1. The summed E-state index contributed by atoms with van der Waals surface area (Å²) in [6, 6.07) is 7.07. The maximum Gasteiger partial charge on any atom is 0.339 e. The number of hydrogen-bond acceptors (Lipinski definition) is 6. The molecule has 0 saturated carbocycles. The van der Waals surface area contributed by atoms with Crippen LogP contribution in [0.25, 0.3) is 0 Å². The van der Waals surface area contributed by atoms with Gasteiger partial charge in [-0.15, -0.1) is 0 Å². The van der Waals surface area contributed by atoms with Gasteiger partial charge >= 0.3 is 5.97 Å². The summed E-state index contributed by atoms with van der Waals surface area (Å²) in [5.41, 5.74) is 0.461. The molecular formula is C15H15IO6. The van der Waals surface area contributed by atoms with E-state index < -0.39 is 30.3 Å². The van der Waals surface area contributed by atoms with Gasteiger partial charge in [0, 0.05) is 3.57 Å². The highest BCUT2D eigenvalue weighted by Crippen LogP contribution is 2.35. The first-order valence-electron chi connectivity index (χ1n) is 6.84. The van der Waals surface area contributed by atoms with Crippen LogP contribution in [0.3, 0.4) is 0 Å². The lowest BCUT2D eigenvalue weighted by molar-refractivity contribution is -0.207. The third-order valence-electron chi connectivity index (χ3n) is 3.41. The quantitative estimate of drug-likeness (QED) is 0.552. The Hall–Kier alpha value is -1.03. The molecule has 3 atom stereocenters. The topological polar surface area (TPSA) is 71.1 Å². The van der Waals surface area contributed by atoms with Crippen LogP contribution in [-0.2, 0) is 23.7 Å². The van der Waals surface area contributed by atoms with Gasteiger partial charge in [0.15, 0.2) is 30.1 Å². The van der Waals surface area contributed by atoms with Gasteiger partial charge in [-0.2, -0.15) is 0 Å². The largest absolute Gasteiger partial charge is 0.459 e. The van der Waals surface area contributed by atoms with Crippen LogP contribution in [0.5, 0.6) is 0 Å². The molecule has 7 heteroatoms. The second-order valence-electron chi connectivity index (χ2n) is 5.53. The summed E-state index contributed by atoms with van der Waals surface area (Å²) >= 11 is 2.05. The van der Waals surface area contributed by atoms with Crippen molar-refractivity contribution in [3.63, 3.8) is 0 Å². The van der Waals surface area contributed by atoms with Crippen molar-refractivity contribution in [2.75, 3.05) is 6.61 Å². The molecule has 0 aliphatic carbocycles. The highest BCUT2D eigenvalue weighted by atomic mass is 127. The molecule has 22 heavy (non-hydrogen) atoms. The minimum atomic E-state index is -0.851.